The van der Waals surface area contributed by atoms with Gasteiger partial charge in [-0.3, -0.25) is 4.90 Å². The summed E-state index contributed by atoms with van der Waals surface area (Å²) in [4.78, 5) is 2.28. The van der Waals surface area contributed by atoms with E-state index in [4.69, 9.17) is 18.9 Å². The Morgan fingerprint density at radius 2 is 0.833 bits per heavy atom. The predicted molar refractivity (Wildman–Crippen MR) is 188 cm³/mol. The molecular formula is C42H45NO5. The number of hydrogen-bond donors (Lipinski definition) is 1. The van der Waals surface area contributed by atoms with E-state index < -0.39 is 24.4 Å². The van der Waals surface area contributed by atoms with Gasteiger partial charge in [0.05, 0.1) is 45.2 Å². The molecule has 1 N–H and O–H groups in total. The second-order valence-electron chi connectivity index (χ2n) is 12.3. The maximum absolute atomic E-state index is 12.0. The number of β-amino-alcohol motifs (C(OH)–C–C–N with tert-alkyl or cyclic N) is 1. The standard InChI is InChI=1S/C42H45NO5/c44-39-27-43(26-33-16-6-1-7-17-33)38(32-45-28-34-18-8-2-9-19-34)40(46-29-35-20-10-3-11-21-35)42(48-31-37-24-14-5-15-25-37)41(39)47-30-36-22-12-4-13-23-36/h1-25,38-42,44H,26-32H2/t38-,39-,40+,41-,42-/m0/s1. The average Bonchev–Trinajstić information content (AvgIpc) is 3.24. The normalized spacial score (nSPS) is 21.5. The Morgan fingerprint density at radius 3 is 1.29 bits per heavy atom. The van der Waals surface area contributed by atoms with E-state index in [0.717, 1.165) is 27.8 Å². The lowest BCUT2D eigenvalue weighted by Crippen LogP contribution is -2.53. The highest BCUT2D eigenvalue weighted by atomic mass is 16.6. The van der Waals surface area contributed by atoms with E-state index in [0.29, 0.717) is 46.1 Å². The van der Waals surface area contributed by atoms with Gasteiger partial charge in [0.25, 0.3) is 0 Å². The molecule has 5 atom stereocenters. The van der Waals surface area contributed by atoms with Gasteiger partial charge in [0, 0.05) is 13.1 Å². The quantitative estimate of drug-likeness (QED) is 0.130. The second-order valence-corrected chi connectivity index (χ2v) is 12.3. The number of nitrogens with zero attached hydrogens (tertiary/aromatic N) is 1. The summed E-state index contributed by atoms with van der Waals surface area (Å²) < 4.78 is 26.9. The monoisotopic (exact) mass is 643 g/mol. The molecule has 0 aromatic heterocycles. The number of likely N-dealkylation sites (tertiary alicyclic amines) is 1. The van der Waals surface area contributed by atoms with Crippen LogP contribution in [0.3, 0.4) is 0 Å². The Morgan fingerprint density at radius 1 is 0.458 bits per heavy atom. The number of benzene rings is 5. The van der Waals surface area contributed by atoms with Crippen LogP contribution in [-0.2, 0) is 51.9 Å². The molecule has 1 aliphatic rings. The third-order valence-corrected chi connectivity index (χ3v) is 8.78. The molecule has 1 saturated heterocycles. The van der Waals surface area contributed by atoms with Crippen LogP contribution in [-0.4, -0.2) is 53.6 Å². The van der Waals surface area contributed by atoms with Gasteiger partial charge in [0.2, 0.25) is 0 Å². The van der Waals surface area contributed by atoms with Crippen LogP contribution in [0, 0.1) is 0 Å². The highest BCUT2D eigenvalue weighted by molar-refractivity contribution is 5.18. The molecule has 6 nitrogen and oxygen atoms in total. The highest BCUT2D eigenvalue weighted by Gasteiger charge is 2.47. The molecule has 0 amide bonds. The zero-order chi connectivity index (χ0) is 32.8. The van der Waals surface area contributed by atoms with Crippen LogP contribution in [0.2, 0.25) is 0 Å². The van der Waals surface area contributed by atoms with E-state index in [1.165, 1.54) is 0 Å². The van der Waals surface area contributed by atoms with Crippen molar-refractivity contribution in [3.63, 3.8) is 0 Å². The average molecular weight is 644 g/mol. The van der Waals surface area contributed by atoms with Crippen LogP contribution in [0.15, 0.2) is 152 Å². The summed E-state index contributed by atoms with van der Waals surface area (Å²) in [5.74, 6) is 0. The van der Waals surface area contributed by atoms with Crippen LogP contribution in [0.5, 0.6) is 0 Å². The smallest absolute Gasteiger partial charge is 0.114 e. The van der Waals surface area contributed by atoms with Crippen molar-refractivity contribution in [2.75, 3.05) is 13.2 Å². The molecule has 0 saturated carbocycles. The van der Waals surface area contributed by atoms with Crippen molar-refractivity contribution >= 4 is 0 Å². The summed E-state index contributed by atoms with van der Waals surface area (Å²) in [5, 5.41) is 12.0. The molecule has 6 heteroatoms. The number of hydrogen-bond acceptors (Lipinski definition) is 6. The van der Waals surface area contributed by atoms with Gasteiger partial charge >= 0.3 is 0 Å². The minimum Gasteiger partial charge on any atom is -0.389 e. The molecule has 1 fully saturated rings. The molecule has 1 heterocycles. The number of rotatable bonds is 15. The highest BCUT2D eigenvalue weighted by Crippen LogP contribution is 2.30. The molecule has 48 heavy (non-hydrogen) atoms. The fourth-order valence-corrected chi connectivity index (χ4v) is 6.29. The summed E-state index contributed by atoms with van der Waals surface area (Å²) in [6.07, 6.45) is -2.60. The summed E-state index contributed by atoms with van der Waals surface area (Å²) in [6, 6.07) is 50.7. The molecule has 0 aliphatic carbocycles. The zero-order valence-corrected chi connectivity index (χ0v) is 27.3. The first-order chi connectivity index (χ1) is 23.7. The van der Waals surface area contributed by atoms with Crippen molar-refractivity contribution in [1.82, 2.24) is 4.90 Å². The number of ether oxygens (including phenoxy) is 4. The van der Waals surface area contributed by atoms with E-state index in [1.807, 2.05) is 103 Å². The van der Waals surface area contributed by atoms with E-state index in [1.54, 1.807) is 0 Å². The first-order valence-electron chi connectivity index (χ1n) is 16.8. The molecule has 6 rings (SSSR count). The first kappa shape index (κ1) is 33.7. The van der Waals surface area contributed by atoms with Crippen molar-refractivity contribution < 1.29 is 24.1 Å². The van der Waals surface area contributed by atoms with E-state index in [9.17, 15) is 5.11 Å². The van der Waals surface area contributed by atoms with Gasteiger partial charge in [-0.1, -0.05) is 152 Å². The minimum atomic E-state index is -0.847. The van der Waals surface area contributed by atoms with Gasteiger partial charge in [-0.2, -0.15) is 0 Å². The van der Waals surface area contributed by atoms with E-state index in [2.05, 4.69) is 53.4 Å². The summed E-state index contributed by atoms with van der Waals surface area (Å²) >= 11 is 0. The Hall–Kier alpha value is -4.14. The predicted octanol–water partition coefficient (Wildman–Crippen LogP) is 7.20. The Bertz CT molecular complexity index is 1590. The van der Waals surface area contributed by atoms with Gasteiger partial charge < -0.3 is 24.1 Å². The fourth-order valence-electron chi connectivity index (χ4n) is 6.29. The molecule has 1 aliphatic heterocycles. The molecule has 0 unspecified atom stereocenters. The van der Waals surface area contributed by atoms with Crippen molar-refractivity contribution in [2.45, 2.75) is 63.4 Å². The third-order valence-electron chi connectivity index (χ3n) is 8.78. The lowest BCUT2D eigenvalue weighted by atomic mass is 9.99. The van der Waals surface area contributed by atoms with Crippen molar-refractivity contribution in [2.24, 2.45) is 0 Å². The molecule has 5 aromatic rings. The largest absolute Gasteiger partial charge is 0.389 e. The number of aliphatic hydroxyl groups is 1. The van der Waals surface area contributed by atoms with Crippen LogP contribution in [0.25, 0.3) is 0 Å². The van der Waals surface area contributed by atoms with Gasteiger partial charge in [-0.05, 0) is 27.8 Å². The lowest BCUT2D eigenvalue weighted by Gasteiger charge is -2.38. The van der Waals surface area contributed by atoms with E-state index >= 15 is 0 Å². The molecule has 0 radical (unpaired) electrons. The zero-order valence-electron chi connectivity index (χ0n) is 27.3. The van der Waals surface area contributed by atoms with Gasteiger partial charge in [0.15, 0.2) is 0 Å². The van der Waals surface area contributed by atoms with Crippen LogP contribution in [0.1, 0.15) is 27.8 Å². The van der Waals surface area contributed by atoms with Crippen LogP contribution >= 0.6 is 0 Å². The second kappa shape index (κ2) is 17.9. The fraction of sp³-hybridized carbons (Fsp3) is 0.286. The summed E-state index contributed by atoms with van der Waals surface area (Å²) in [6.45, 7) is 2.90. The Labute approximate surface area is 284 Å². The topological polar surface area (TPSA) is 60.4 Å². The maximum atomic E-state index is 12.0. The Balaban J connectivity index is 1.36. The molecular weight excluding hydrogens is 598 g/mol. The van der Waals surface area contributed by atoms with Crippen molar-refractivity contribution in [3.05, 3.63) is 179 Å². The first-order valence-corrected chi connectivity index (χ1v) is 16.8. The molecule has 0 bridgehead atoms. The maximum Gasteiger partial charge on any atom is 0.114 e. The molecule has 5 aromatic carbocycles. The minimum absolute atomic E-state index is 0.252. The van der Waals surface area contributed by atoms with E-state index in [-0.39, 0.29) is 6.04 Å². The molecule has 0 spiro atoms. The number of aliphatic hydroxyl groups excluding tert-OH is 1. The molecule has 248 valence electrons. The summed E-state index contributed by atoms with van der Waals surface area (Å²) in [7, 11) is 0. The van der Waals surface area contributed by atoms with Crippen LogP contribution < -0.4 is 0 Å². The van der Waals surface area contributed by atoms with Gasteiger partial charge in [0.1, 0.15) is 18.3 Å². The SMILES string of the molecule is O[C@H]1CN(Cc2ccccc2)[C@@H](COCc2ccccc2)[C@@H](OCc2ccccc2)[C@H](OCc2ccccc2)[C@H]1OCc1ccccc1. The van der Waals surface area contributed by atoms with Crippen molar-refractivity contribution in [3.8, 4) is 0 Å². The van der Waals surface area contributed by atoms with Crippen molar-refractivity contribution in [1.29, 1.82) is 0 Å². The lowest BCUT2D eigenvalue weighted by molar-refractivity contribution is -0.179. The van der Waals surface area contributed by atoms with Gasteiger partial charge in [-0.15, -0.1) is 0 Å². The Kier molecular flexibility index (Phi) is 12.6. The van der Waals surface area contributed by atoms with Crippen LogP contribution in [0.4, 0.5) is 0 Å². The summed E-state index contributed by atoms with van der Waals surface area (Å²) in [5.41, 5.74) is 5.37. The third kappa shape index (κ3) is 9.70. The van der Waals surface area contributed by atoms with Gasteiger partial charge in [-0.25, -0.2) is 0 Å².